The summed E-state index contributed by atoms with van der Waals surface area (Å²) in [5.41, 5.74) is 3.16. The molecule has 25 heavy (non-hydrogen) atoms. The lowest BCUT2D eigenvalue weighted by Gasteiger charge is -2.09. The van der Waals surface area contributed by atoms with Gasteiger partial charge in [0, 0.05) is 23.7 Å². The van der Waals surface area contributed by atoms with Crippen LogP contribution >= 0.6 is 0 Å². The summed E-state index contributed by atoms with van der Waals surface area (Å²) in [4.78, 5) is 6.62. The Morgan fingerprint density at radius 3 is 2.60 bits per heavy atom. The largest absolute Gasteiger partial charge is 0.337 e. The monoisotopic (exact) mass is 333 g/mol. The fourth-order valence-electron chi connectivity index (χ4n) is 2.80. The average Bonchev–Trinajstić information content (AvgIpc) is 3.21. The molecule has 2 heterocycles. The molecule has 2 aromatic carbocycles. The number of aromatic nitrogens is 4. The summed E-state index contributed by atoms with van der Waals surface area (Å²) >= 11 is 0. The highest BCUT2D eigenvalue weighted by molar-refractivity contribution is 5.77. The highest BCUT2D eigenvalue weighted by atomic mass is 16.5. The summed E-state index contributed by atoms with van der Waals surface area (Å²) in [5.74, 6) is 1.14. The molecule has 0 aliphatic rings. The predicted molar refractivity (Wildman–Crippen MR) is 96.0 cm³/mol. The second-order valence-electron chi connectivity index (χ2n) is 6.33. The number of nitrogens with zero attached hydrogens (tertiary/aromatic N) is 5. The quantitative estimate of drug-likeness (QED) is 0.561. The van der Waals surface area contributed by atoms with E-state index in [0.717, 1.165) is 23.0 Å². The summed E-state index contributed by atoms with van der Waals surface area (Å²) in [5, 5.41) is 9.70. The van der Waals surface area contributed by atoms with Gasteiger partial charge in [-0.05, 0) is 25.7 Å². The Kier molecular flexibility index (Phi) is 4.03. The number of benzene rings is 2. The van der Waals surface area contributed by atoms with Crippen LogP contribution in [0.1, 0.15) is 11.5 Å². The van der Waals surface area contributed by atoms with Crippen LogP contribution in [0.2, 0.25) is 0 Å². The van der Waals surface area contributed by atoms with Crippen molar-refractivity contribution in [3.05, 3.63) is 66.2 Å². The molecule has 0 aliphatic heterocycles. The first-order chi connectivity index (χ1) is 12.2. The van der Waals surface area contributed by atoms with Crippen molar-refractivity contribution in [3.63, 3.8) is 0 Å². The molecule has 0 saturated carbocycles. The van der Waals surface area contributed by atoms with Gasteiger partial charge in [0.1, 0.15) is 6.54 Å². The average molecular weight is 333 g/mol. The lowest BCUT2D eigenvalue weighted by Crippen LogP contribution is -2.10. The van der Waals surface area contributed by atoms with Crippen LogP contribution < -0.4 is 0 Å². The highest BCUT2D eigenvalue weighted by Crippen LogP contribution is 2.18. The van der Waals surface area contributed by atoms with E-state index >= 15 is 0 Å². The first-order valence-electron chi connectivity index (χ1n) is 8.16. The number of hydrogen-bond acceptors (Lipinski definition) is 5. The lowest BCUT2D eigenvalue weighted by molar-refractivity contribution is 0.366. The maximum absolute atomic E-state index is 5.38. The molecule has 0 spiro atoms. The van der Waals surface area contributed by atoms with Gasteiger partial charge in [0.05, 0.1) is 5.52 Å². The molecule has 0 saturated heterocycles. The summed E-state index contributed by atoms with van der Waals surface area (Å²) in [6, 6.07) is 16.2. The molecule has 0 fully saturated rings. The Morgan fingerprint density at radius 2 is 1.84 bits per heavy atom. The molecule has 0 amide bonds. The van der Waals surface area contributed by atoms with E-state index in [9.17, 15) is 0 Å². The molecule has 0 unspecified atom stereocenters. The van der Waals surface area contributed by atoms with Crippen molar-refractivity contribution >= 4 is 10.9 Å². The van der Waals surface area contributed by atoms with Crippen LogP contribution in [-0.2, 0) is 13.1 Å². The van der Waals surface area contributed by atoms with Crippen molar-refractivity contribution in [2.45, 2.75) is 13.1 Å². The zero-order valence-electron chi connectivity index (χ0n) is 14.3. The van der Waals surface area contributed by atoms with Crippen molar-refractivity contribution in [2.24, 2.45) is 0 Å². The third-order valence-corrected chi connectivity index (χ3v) is 3.94. The fraction of sp³-hybridized carbons (Fsp3) is 0.211. The molecule has 4 aromatic rings. The molecule has 4 rings (SSSR count). The van der Waals surface area contributed by atoms with Gasteiger partial charge in [-0.25, -0.2) is 0 Å². The zero-order chi connectivity index (χ0) is 17.2. The molecule has 2 aromatic heterocycles. The molecule has 0 aliphatic carbocycles. The van der Waals surface area contributed by atoms with Gasteiger partial charge in [0.15, 0.2) is 0 Å². The Hall–Kier alpha value is -2.99. The van der Waals surface area contributed by atoms with Gasteiger partial charge >= 0.3 is 0 Å². The van der Waals surface area contributed by atoms with E-state index in [1.807, 2.05) is 47.3 Å². The predicted octanol–water partition coefficient (Wildman–Crippen LogP) is 3.20. The van der Waals surface area contributed by atoms with Crippen molar-refractivity contribution in [3.8, 4) is 11.4 Å². The van der Waals surface area contributed by atoms with E-state index in [0.29, 0.717) is 18.3 Å². The molecule has 0 atom stereocenters. The minimum atomic E-state index is 0.459. The van der Waals surface area contributed by atoms with Crippen molar-refractivity contribution in [1.82, 2.24) is 24.8 Å². The third-order valence-electron chi connectivity index (χ3n) is 3.94. The Labute approximate surface area is 145 Å². The van der Waals surface area contributed by atoms with Crippen LogP contribution in [0.15, 0.2) is 59.3 Å². The summed E-state index contributed by atoms with van der Waals surface area (Å²) in [6.45, 7) is 1.37. The van der Waals surface area contributed by atoms with Crippen LogP contribution in [0.4, 0.5) is 0 Å². The van der Waals surface area contributed by atoms with Gasteiger partial charge in [-0.2, -0.15) is 10.1 Å². The van der Waals surface area contributed by atoms with Gasteiger partial charge in [0.2, 0.25) is 11.7 Å². The molecule has 126 valence electrons. The topological polar surface area (TPSA) is 60.0 Å². The van der Waals surface area contributed by atoms with E-state index in [1.54, 1.807) is 0 Å². The molecule has 6 heteroatoms. The minimum absolute atomic E-state index is 0.459. The molecular weight excluding hydrogens is 314 g/mol. The standard InChI is InChI=1S/C19H19N5O/c1-23(2)11-14-7-9-15(10-8-14)19-20-18(25-22-19)13-24-12-16-5-3-4-6-17(16)21-24/h3-10,12H,11,13H2,1-2H3. The number of rotatable bonds is 5. The Morgan fingerprint density at radius 1 is 1.04 bits per heavy atom. The maximum Gasteiger partial charge on any atom is 0.248 e. The SMILES string of the molecule is CN(C)Cc1ccc(-c2noc(Cn3cc4ccccc4n3)n2)cc1. The van der Waals surface area contributed by atoms with Crippen LogP contribution in [0.3, 0.4) is 0 Å². The molecule has 0 radical (unpaired) electrons. The minimum Gasteiger partial charge on any atom is -0.337 e. The second-order valence-corrected chi connectivity index (χ2v) is 6.33. The molecular formula is C19H19N5O. The first-order valence-corrected chi connectivity index (χ1v) is 8.16. The molecule has 0 bridgehead atoms. The van der Waals surface area contributed by atoms with E-state index in [4.69, 9.17) is 4.52 Å². The van der Waals surface area contributed by atoms with Crippen LogP contribution in [0.5, 0.6) is 0 Å². The van der Waals surface area contributed by atoms with Gasteiger partial charge in [-0.1, -0.05) is 47.6 Å². The van der Waals surface area contributed by atoms with Gasteiger partial charge < -0.3 is 9.42 Å². The molecule has 0 N–H and O–H groups in total. The van der Waals surface area contributed by atoms with E-state index in [1.165, 1.54) is 5.56 Å². The summed E-state index contributed by atoms with van der Waals surface area (Å²) in [7, 11) is 4.11. The number of hydrogen-bond donors (Lipinski definition) is 0. The summed E-state index contributed by atoms with van der Waals surface area (Å²) in [6.07, 6.45) is 1.98. The van der Waals surface area contributed by atoms with Gasteiger partial charge in [-0.3, -0.25) is 4.68 Å². The first kappa shape index (κ1) is 15.5. The zero-order valence-corrected chi connectivity index (χ0v) is 14.3. The normalized spacial score (nSPS) is 11.5. The van der Waals surface area contributed by atoms with Crippen molar-refractivity contribution in [1.29, 1.82) is 0 Å². The van der Waals surface area contributed by atoms with Crippen LogP contribution in [-0.4, -0.2) is 38.9 Å². The fourth-order valence-corrected chi connectivity index (χ4v) is 2.80. The van der Waals surface area contributed by atoms with Crippen LogP contribution in [0, 0.1) is 0 Å². The smallest absolute Gasteiger partial charge is 0.248 e. The van der Waals surface area contributed by atoms with Crippen LogP contribution in [0.25, 0.3) is 22.3 Å². The Balaban J connectivity index is 1.51. The lowest BCUT2D eigenvalue weighted by atomic mass is 10.1. The van der Waals surface area contributed by atoms with Crippen molar-refractivity contribution in [2.75, 3.05) is 14.1 Å². The molecule has 6 nitrogen and oxygen atoms in total. The van der Waals surface area contributed by atoms with Crippen molar-refractivity contribution < 1.29 is 4.52 Å². The highest BCUT2D eigenvalue weighted by Gasteiger charge is 2.10. The Bertz CT molecular complexity index is 951. The third kappa shape index (κ3) is 3.44. The van der Waals surface area contributed by atoms with Gasteiger partial charge in [0.25, 0.3) is 0 Å². The second kappa shape index (κ2) is 6.49. The van der Waals surface area contributed by atoms with E-state index < -0.39 is 0 Å². The maximum atomic E-state index is 5.38. The summed E-state index contributed by atoms with van der Waals surface area (Å²) < 4.78 is 7.21. The number of fused-ring (bicyclic) bond motifs is 1. The van der Waals surface area contributed by atoms with E-state index in [2.05, 4.69) is 46.4 Å². The van der Waals surface area contributed by atoms with E-state index in [-0.39, 0.29) is 0 Å². The van der Waals surface area contributed by atoms with Gasteiger partial charge in [-0.15, -0.1) is 0 Å².